The number of morpholine rings is 1. The number of aliphatic carboxylic acids is 1. The number of nitrogens with two attached hydrogens (primary N) is 1. The number of amides is 1. The van der Waals surface area contributed by atoms with Crippen molar-refractivity contribution in [1.82, 2.24) is 30.2 Å². The van der Waals surface area contributed by atoms with Crippen molar-refractivity contribution in [3.05, 3.63) is 161 Å². The van der Waals surface area contributed by atoms with Crippen LogP contribution in [0.5, 0.6) is 0 Å². The van der Waals surface area contributed by atoms with E-state index in [1.54, 1.807) is 61.3 Å². The minimum Gasteiger partial charge on any atom is -0.480 e. The van der Waals surface area contributed by atoms with E-state index in [1.807, 2.05) is 112 Å². The third-order valence-electron chi connectivity index (χ3n) is 13.1. The zero-order valence-electron chi connectivity index (χ0n) is 45.3. The molecule has 4 N–H and O–H groups in total. The van der Waals surface area contributed by atoms with Gasteiger partial charge in [0.1, 0.15) is 39.9 Å². The van der Waals surface area contributed by atoms with Crippen LogP contribution in [0.4, 0.5) is 44.7 Å². The van der Waals surface area contributed by atoms with E-state index in [4.69, 9.17) is 15.2 Å². The highest BCUT2D eigenvalue weighted by Crippen LogP contribution is 2.37. The number of carbonyl (C=O) groups is 3. The second kappa shape index (κ2) is 31.5. The molecule has 0 spiro atoms. The Morgan fingerprint density at radius 1 is 0.706 bits per heavy atom. The van der Waals surface area contributed by atoms with Crippen LogP contribution in [-0.2, 0) is 31.9 Å². The van der Waals surface area contributed by atoms with Gasteiger partial charge in [-0.2, -0.15) is 13.2 Å². The number of rotatable bonds is 14. The first kappa shape index (κ1) is 70.9. The third kappa shape index (κ3) is 16.9. The number of nitrogens with zero attached hydrogens (tertiary/aromatic N) is 9. The lowest BCUT2D eigenvalue weighted by atomic mass is 9.96. The van der Waals surface area contributed by atoms with Crippen LogP contribution in [0.2, 0.25) is 0 Å². The Morgan fingerprint density at radius 3 is 1.59 bits per heavy atom. The number of anilines is 4. The van der Waals surface area contributed by atoms with Crippen LogP contribution in [0.25, 0.3) is 44.3 Å². The molecule has 85 heavy (non-hydrogen) atoms. The molecule has 1 aliphatic heterocycles. The van der Waals surface area contributed by atoms with Gasteiger partial charge >= 0.3 is 18.1 Å². The van der Waals surface area contributed by atoms with Gasteiger partial charge in [0.2, 0.25) is 0 Å². The average Bonchev–Trinajstić information content (AvgIpc) is 2.23. The number of carbonyl (C=O) groups excluding carboxylic acids is 2. The zero-order valence-corrected chi connectivity index (χ0v) is 46.8. The van der Waals surface area contributed by atoms with Gasteiger partial charge in [0.15, 0.2) is 0 Å². The number of hydrogen-bond donors (Lipinski definition) is 3. The van der Waals surface area contributed by atoms with E-state index in [-0.39, 0.29) is 49.3 Å². The van der Waals surface area contributed by atoms with Gasteiger partial charge in [0.05, 0.1) is 59.8 Å². The molecule has 0 aliphatic carbocycles. The largest absolute Gasteiger partial charge is 0.480 e. The van der Waals surface area contributed by atoms with E-state index < -0.39 is 71.6 Å². The first-order chi connectivity index (χ1) is 38.6. The molecule has 1 aliphatic rings. The van der Waals surface area contributed by atoms with Crippen LogP contribution in [0.3, 0.4) is 0 Å². The van der Waals surface area contributed by atoms with Crippen LogP contribution in [-0.4, -0.2) is 141 Å². The number of fused-ring (bicyclic) bond motifs is 2. The van der Waals surface area contributed by atoms with Crippen molar-refractivity contribution < 1.29 is 50.9 Å². The van der Waals surface area contributed by atoms with Crippen LogP contribution in [0, 0.1) is 11.6 Å². The number of carboxylic acids is 1. The van der Waals surface area contributed by atoms with Crippen molar-refractivity contribution in [3.63, 3.8) is 0 Å². The fourth-order valence-electron chi connectivity index (χ4n) is 9.09. The third-order valence-corrected chi connectivity index (χ3v) is 13.7. The molecule has 1 amide bonds. The van der Waals surface area contributed by atoms with Gasteiger partial charge in [-0.1, -0.05) is 66.1 Å². The van der Waals surface area contributed by atoms with Crippen molar-refractivity contribution in [3.8, 4) is 22.5 Å². The summed E-state index contributed by atoms with van der Waals surface area (Å²) in [7, 11) is 13.0. The molecule has 456 valence electrons. The summed E-state index contributed by atoms with van der Waals surface area (Å²) in [6.45, 7) is -1.10. The molecule has 3 atom stereocenters. The molecule has 9 rings (SSSR count). The highest BCUT2D eigenvalue weighted by molar-refractivity contribution is 9.10. The molecule has 23 heteroatoms. The van der Waals surface area contributed by atoms with Crippen LogP contribution in [0.1, 0.15) is 51.2 Å². The fraction of sp³-hybridized carbons (Fsp3) is 0.323. The number of halogens is 6. The van der Waals surface area contributed by atoms with Crippen molar-refractivity contribution in [1.29, 1.82) is 0 Å². The van der Waals surface area contributed by atoms with Crippen molar-refractivity contribution in [2.45, 2.75) is 66.9 Å². The summed E-state index contributed by atoms with van der Waals surface area (Å²) in [5, 5.41) is 13.6. The molecule has 5 aromatic heterocycles. The molecule has 0 unspecified atom stereocenters. The van der Waals surface area contributed by atoms with Crippen molar-refractivity contribution in [2.24, 2.45) is 5.73 Å². The standard InChI is InChI=1S/C31H28F5N5O4.C20H22N4O2.C7H9BrN2.4CH4/c1-40(2)24-6-4-10-38-28(24)20-8-7-17(19-5-3-9-37-27(19)20)13-23(30(43)44)39-29(42)26-21(32)14-18(15-22(26)33)41-11-12-45-16-25(41)31(34,35)36;1-24(2)17-7-5-11-23-19(17)15-9-8-13(12-16(21)20(25)26-3)14-6-4-10-22-18(14)15;1-10(2)6-4-3-5-9-7(6)8;;;;/h3-10,14-15,23,25H,11-13,16H2,1-2H3,(H,39,42)(H,43,44);4-11,16H,12,21H2,1-3H3;3-5H,1-2H3;4*1H4/t23-,25+;16-;;;;;/m00...../s1. The summed E-state index contributed by atoms with van der Waals surface area (Å²) in [6.07, 6.45) is 3.90. The molecular formula is C62H75BrF5N11O6. The molecule has 0 bridgehead atoms. The minimum absolute atomic E-state index is 0. The number of esters is 1. The Morgan fingerprint density at radius 2 is 1.15 bits per heavy atom. The van der Waals surface area contributed by atoms with Gasteiger partial charge in [0.25, 0.3) is 5.91 Å². The first-order valence-electron chi connectivity index (χ1n) is 25.1. The molecule has 3 aromatic carbocycles. The predicted molar refractivity (Wildman–Crippen MR) is 332 cm³/mol. The summed E-state index contributed by atoms with van der Waals surface area (Å²) in [4.78, 5) is 65.8. The molecule has 0 radical (unpaired) electrons. The number of ether oxygens (including phenoxy) is 2. The quantitative estimate of drug-likeness (QED) is 0.0526. The summed E-state index contributed by atoms with van der Waals surface area (Å²) >= 11 is 3.34. The maximum absolute atomic E-state index is 15.1. The first-order valence-corrected chi connectivity index (χ1v) is 25.9. The predicted octanol–water partition coefficient (Wildman–Crippen LogP) is 11.7. The number of hydrogen-bond acceptors (Lipinski definition) is 15. The smallest absolute Gasteiger partial charge is 0.411 e. The van der Waals surface area contributed by atoms with E-state index in [0.29, 0.717) is 46.3 Å². The van der Waals surface area contributed by atoms with E-state index in [9.17, 15) is 32.7 Å². The maximum atomic E-state index is 15.1. The summed E-state index contributed by atoms with van der Waals surface area (Å²) in [5.41, 5.74) is 13.3. The fourth-order valence-corrected chi connectivity index (χ4v) is 9.70. The number of methoxy groups -OCH3 is 1. The Kier molecular flexibility index (Phi) is 26.2. The second-order valence-corrected chi connectivity index (χ2v) is 19.8. The number of aromatic nitrogens is 5. The Hall–Kier alpha value is -8.41. The molecule has 6 heterocycles. The van der Waals surface area contributed by atoms with Gasteiger partial charge in [-0.25, -0.2) is 18.6 Å². The van der Waals surface area contributed by atoms with Gasteiger partial charge in [0, 0.05) is 114 Å². The highest BCUT2D eigenvalue weighted by atomic mass is 79.9. The number of carboxylic acid groups (broad SMARTS) is 1. The van der Waals surface area contributed by atoms with Gasteiger partial charge in [-0.15, -0.1) is 0 Å². The van der Waals surface area contributed by atoms with Crippen molar-refractivity contribution >= 4 is 78.3 Å². The molecule has 0 saturated carbocycles. The highest BCUT2D eigenvalue weighted by Gasteiger charge is 2.46. The Balaban J connectivity index is 0.000000399. The second-order valence-electron chi connectivity index (χ2n) is 19.1. The molecule has 8 aromatic rings. The topological polar surface area (TPSA) is 205 Å². The molecular weight excluding hydrogens is 1170 g/mol. The average molecular weight is 1250 g/mol. The lowest BCUT2D eigenvalue weighted by molar-refractivity contribution is -0.167. The summed E-state index contributed by atoms with van der Waals surface area (Å²) < 4.78 is 81.3. The number of nitrogens with one attached hydrogen (secondary N) is 1. The molecule has 1 saturated heterocycles. The van der Waals surface area contributed by atoms with Gasteiger partial charge < -0.3 is 45.2 Å². The Labute approximate surface area is 502 Å². The Bertz CT molecular complexity index is 3520. The van der Waals surface area contributed by atoms with Crippen LogP contribution in [0.15, 0.2) is 133 Å². The number of pyridine rings is 5. The molecule has 17 nitrogen and oxygen atoms in total. The minimum atomic E-state index is -4.73. The lowest BCUT2D eigenvalue weighted by Gasteiger charge is -2.38. The zero-order chi connectivity index (χ0) is 58.7. The van der Waals surface area contributed by atoms with Gasteiger partial charge in [-0.3, -0.25) is 29.5 Å². The maximum Gasteiger partial charge on any atom is 0.411 e. The monoisotopic (exact) mass is 1240 g/mol. The number of alkyl halides is 3. The SMILES string of the molecule is C.C.C.C.CN(C)c1cccnc1-c1ccc(C[C@H](NC(=O)c2c(F)cc(N3CCOC[C@@H]3C(F)(F)F)cc2F)C(=O)O)c2cccnc12.CN(C)c1cccnc1Br.COC(=O)[C@@H](N)Cc1ccc(-c2ncccc2N(C)C)c2ncccc12. The van der Waals surface area contributed by atoms with Gasteiger partial charge in [-0.05, 0) is 94.1 Å². The van der Waals surface area contributed by atoms with E-state index >= 15 is 8.78 Å². The lowest BCUT2D eigenvalue weighted by Crippen LogP contribution is -2.53. The summed E-state index contributed by atoms with van der Waals surface area (Å²) in [6, 6.07) is 23.0. The van der Waals surface area contributed by atoms with Crippen molar-refractivity contribution in [2.75, 3.05) is 88.8 Å². The molecule has 1 fully saturated rings. The van der Waals surface area contributed by atoms with Crippen LogP contribution >= 0.6 is 15.9 Å². The van der Waals surface area contributed by atoms with E-state index in [1.165, 1.54) is 7.11 Å². The van der Waals surface area contributed by atoms with E-state index in [2.05, 4.69) is 46.2 Å². The van der Waals surface area contributed by atoms with Crippen LogP contribution < -0.4 is 30.7 Å². The normalized spacial score (nSPS) is 13.2. The van der Waals surface area contributed by atoms with E-state index in [0.717, 1.165) is 54.3 Å². The number of benzene rings is 3. The summed E-state index contributed by atoms with van der Waals surface area (Å²) in [5.74, 6) is -6.15.